The number of rotatable bonds is 16. The van der Waals surface area contributed by atoms with Gasteiger partial charge in [0.25, 0.3) is 0 Å². The first-order valence-corrected chi connectivity index (χ1v) is 16.6. The van der Waals surface area contributed by atoms with Crippen molar-refractivity contribution in [2.24, 2.45) is 5.73 Å². The monoisotopic (exact) mass is 643 g/mol. The molecule has 0 atom stereocenters. The number of nitrogens with zero attached hydrogens (tertiary/aromatic N) is 3. The molecule has 2 aromatic rings. The van der Waals surface area contributed by atoms with Crippen LogP contribution in [0.2, 0.25) is 0 Å². The minimum Gasteiger partial charge on any atom is -0.485 e. The van der Waals surface area contributed by atoms with E-state index >= 15 is 0 Å². The molecule has 11 heteroatoms. The Morgan fingerprint density at radius 2 is 1.78 bits per heavy atom. The smallest absolute Gasteiger partial charge is 0.320 e. The van der Waals surface area contributed by atoms with Crippen LogP contribution in [0.5, 0.6) is 5.75 Å². The van der Waals surface area contributed by atoms with Crippen LogP contribution in [0.1, 0.15) is 78.0 Å². The molecule has 0 aliphatic carbocycles. The fourth-order valence-electron chi connectivity index (χ4n) is 5.34. The van der Waals surface area contributed by atoms with Gasteiger partial charge in [-0.2, -0.15) is 0 Å². The molecule has 256 valence electrons. The van der Waals surface area contributed by atoms with E-state index in [0.717, 1.165) is 63.3 Å². The topological polar surface area (TPSA) is 119 Å². The number of hydrogen-bond donors (Lipinski definition) is 2. The third-order valence-corrected chi connectivity index (χ3v) is 8.05. The summed E-state index contributed by atoms with van der Waals surface area (Å²) in [5.41, 5.74) is 7.20. The number of para-hydroxylation sites is 1. The van der Waals surface area contributed by atoms with E-state index in [1.54, 1.807) is 30.0 Å². The second-order valence-electron chi connectivity index (χ2n) is 12.9. The van der Waals surface area contributed by atoms with E-state index in [-0.39, 0.29) is 35.6 Å². The fourth-order valence-corrected chi connectivity index (χ4v) is 5.34. The zero-order chi connectivity index (χ0) is 33.6. The number of carbonyl (C=O) groups is 2. The molecule has 1 aromatic carbocycles. The zero-order valence-electron chi connectivity index (χ0n) is 28.4. The van der Waals surface area contributed by atoms with Crippen molar-refractivity contribution in [2.45, 2.75) is 90.8 Å². The predicted molar refractivity (Wildman–Crippen MR) is 179 cm³/mol. The van der Waals surface area contributed by atoms with E-state index < -0.39 is 5.60 Å². The largest absolute Gasteiger partial charge is 0.485 e. The number of amides is 2. The van der Waals surface area contributed by atoms with Gasteiger partial charge in [0.05, 0.1) is 25.2 Å². The van der Waals surface area contributed by atoms with E-state index in [2.05, 4.69) is 17.4 Å². The van der Waals surface area contributed by atoms with Crippen LogP contribution in [-0.2, 0) is 27.1 Å². The molecule has 2 aliphatic rings. The van der Waals surface area contributed by atoms with Crippen molar-refractivity contribution >= 4 is 17.8 Å². The van der Waals surface area contributed by atoms with Crippen molar-refractivity contribution < 1.29 is 28.2 Å². The summed E-state index contributed by atoms with van der Waals surface area (Å²) in [7, 11) is 0. The predicted octanol–water partition coefficient (Wildman–Crippen LogP) is 5.58. The standard InChI is InChI=1S/C19H28N4O3.C16H26FNO2/c1-2-26-17(24)9-12-23-14-13-22(19(23)25)11-4-6-16-8-7-15-5-3-10-20-18(15)21-16;1-15(2,9-11-18)19-12-10-16(3,4)20-14-8-6-5-7-13(14)17/h7-8H,2-6,9-14H2,1H3,(H,20,21);5-8H,9-12,18H2,1-4H3. The number of aromatic nitrogens is 1. The van der Waals surface area contributed by atoms with Crippen LogP contribution >= 0.6 is 0 Å². The van der Waals surface area contributed by atoms with Gasteiger partial charge in [0.2, 0.25) is 0 Å². The van der Waals surface area contributed by atoms with Gasteiger partial charge < -0.3 is 35.1 Å². The molecule has 2 aliphatic heterocycles. The summed E-state index contributed by atoms with van der Waals surface area (Å²) in [5.74, 6) is 0.714. The average molecular weight is 644 g/mol. The molecule has 10 nitrogen and oxygen atoms in total. The minimum atomic E-state index is -0.485. The summed E-state index contributed by atoms with van der Waals surface area (Å²) < 4.78 is 30.0. The van der Waals surface area contributed by atoms with Gasteiger partial charge in [-0.05, 0) is 97.0 Å². The molecule has 1 fully saturated rings. The summed E-state index contributed by atoms with van der Waals surface area (Å²) in [4.78, 5) is 32.1. The number of nitrogens with one attached hydrogen (secondary N) is 1. The Morgan fingerprint density at radius 3 is 2.50 bits per heavy atom. The van der Waals surface area contributed by atoms with Crippen molar-refractivity contribution in [3.05, 3.63) is 53.5 Å². The van der Waals surface area contributed by atoms with Gasteiger partial charge in [0.1, 0.15) is 11.4 Å². The molecule has 0 radical (unpaired) electrons. The Morgan fingerprint density at radius 1 is 1.04 bits per heavy atom. The number of nitrogens with two attached hydrogens (primary N) is 1. The molecule has 3 N–H and O–H groups in total. The van der Waals surface area contributed by atoms with E-state index in [1.807, 2.05) is 32.6 Å². The van der Waals surface area contributed by atoms with Gasteiger partial charge >= 0.3 is 12.0 Å². The van der Waals surface area contributed by atoms with Crippen LogP contribution in [0.3, 0.4) is 0 Å². The molecule has 0 unspecified atom stereocenters. The summed E-state index contributed by atoms with van der Waals surface area (Å²) in [5, 5.41) is 3.36. The number of halogens is 1. The number of anilines is 1. The Hall–Kier alpha value is -3.44. The van der Waals surface area contributed by atoms with Gasteiger partial charge in [-0.3, -0.25) is 4.79 Å². The molecule has 1 saturated heterocycles. The second-order valence-corrected chi connectivity index (χ2v) is 12.9. The van der Waals surface area contributed by atoms with Crippen LogP contribution in [0.4, 0.5) is 15.0 Å². The van der Waals surface area contributed by atoms with Crippen molar-refractivity contribution in [2.75, 3.05) is 57.8 Å². The molecular formula is C35H54FN5O5. The Balaban J connectivity index is 0.000000260. The summed E-state index contributed by atoms with van der Waals surface area (Å²) in [6.45, 7) is 14.8. The first-order chi connectivity index (χ1) is 21.9. The number of benzene rings is 1. The Bertz CT molecular complexity index is 1260. The van der Waals surface area contributed by atoms with E-state index in [4.69, 9.17) is 24.9 Å². The van der Waals surface area contributed by atoms with Gasteiger partial charge in [0.15, 0.2) is 11.6 Å². The normalized spacial score (nSPS) is 14.7. The number of pyridine rings is 1. The quantitative estimate of drug-likeness (QED) is 0.228. The summed E-state index contributed by atoms with van der Waals surface area (Å²) in [6, 6.07) is 10.7. The molecule has 2 amide bonds. The Labute approximate surface area is 274 Å². The zero-order valence-corrected chi connectivity index (χ0v) is 28.4. The molecule has 3 heterocycles. The van der Waals surface area contributed by atoms with Crippen molar-refractivity contribution in [3.8, 4) is 5.75 Å². The van der Waals surface area contributed by atoms with Crippen LogP contribution in [-0.4, -0.2) is 90.5 Å². The maximum Gasteiger partial charge on any atom is 0.320 e. The molecule has 4 rings (SSSR count). The fraction of sp³-hybridized carbons (Fsp3) is 0.629. The highest BCUT2D eigenvalue weighted by Crippen LogP contribution is 2.25. The number of urea groups is 1. The summed E-state index contributed by atoms with van der Waals surface area (Å²) >= 11 is 0. The molecular weight excluding hydrogens is 589 g/mol. The number of aryl methyl sites for hydroxylation is 2. The lowest BCUT2D eigenvalue weighted by Gasteiger charge is -2.30. The van der Waals surface area contributed by atoms with Gasteiger partial charge in [-0.15, -0.1) is 0 Å². The van der Waals surface area contributed by atoms with Crippen LogP contribution in [0.25, 0.3) is 0 Å². The van der Waals surface area contributed by atoms with E-state index in [9.17, 15) is 14.0 Å². The maximum atomic E-state index is 13.6. The number of ether oxygens (including phenoxy) is 3. The van der Waals surface area contributed by atoms with E-state index in [1.165, 1.54) is 11.6 Å². The minimum absolute atomic E-state index is 0.0226. The molecule has 0 saturated carbocycles. The van der Waals surface area contributed by atoms with Gasteiger partial charge in [-0.1, -0.05) is 18.2 Å². The lowest BCUT2D eigenvalue weighted by Crippen LogP contribution is -2.34. The number of esters is 1. The molecule has 0 spiro atoms. The highest BCUT2D eigenvalue weighted by molar-refractivity contribution is 5.77. The van der Waals surface area contributed by atoms with Crippen LogP contribution < -0.4 is 15.8 Å². The second kappa shape index (κ2) is 18.0. The number of fused-ring (bicyclic) bond motifs is 1. The number of carbonyl (C=O) groups excluding carboxylic acids is 2. The number of hydrogen-bond acceptors (Lipinski definition) is 8. The van der Waals surface area contributed by atoms with E-state index in [0.29, 0.717) is 39.3 Å². The highest BCUT2D eigenvalue weighted by Gasteiger charge is 2.28. The first kappa shape index (κ1) is 37.0. The lowest BCUT2D eigenvalue weighted by atomic mass is 10.0. The van der Waals surface area contributed by atoms with Crippen molar-refractivity contribution in [1.82, 2.24) is 14.8 Å². The molecule has 0 bridgehead atoms. The van der Waals surface area contributed by atoms with Crippen molar-refractivity contribution in [3.63, 3.8) is 0 Å². The first-order valence-electron chi connectivity index (χ1n) is 16.6. The highest BCUT2D eigenvalue weighted by atomic mass is 19.1. The van der Waals surface area contributed by atoms with Crippen LogP contribution in [0, 0.1) is 5.82 Å². The average Bonchev–Trinajstić information content (AvgIpc) is 3.36. The van der Waals surface area contributed by atoms with Crippen molar-refractivity contribution in [1.29, 1.82) is 0 Å². The van der Waals surface area contributed by atoms with Crippen LogP contribution in [0.15, 0.2) is 36.4 Å². The lowest BCUT2D eigenvalue weighted by molar-refractivity contribution is -0.143. The third kappa shape index (κ3) is 12.4. The van der Waals surface area contributed by atoms with Gasteiger partial charge in [0, 0.05) is 44.8 Å². The molecule has 46 heavy (non-hydrogen) atoms. The van der Waals surface area contributed by atoms with Gasteiger partial charge in [-0.25, -0.2) is 14.2 Å². The molecule has 1 aromatic heterocycles. The third-order valence-electron chi connectivity index (χ3n) is 8.05. The SMILES string of the molecule is CC(C)(CCN)OCCC(C)(C)Oc1ccccc1F.CCOC(=O)CCN1CCN(CCCc2ccc3c(n2)NCCC3)C1=O. The summed E-state index contributed by atoms with van der Waals surface area (Å²) in [6.07, 6.45) is 5.76. The maximum absolute atomic E-state index is 13.6. The Kier molecular flexibility index (Phi) is 14.5.